The number of hydrogen-bond acceptors (Lipinski definition) is 2. The lowest BCUT2D eigenvalue weighted by Gasteiger charge is -2.05. The van der Waals surface area contributed by atoms with Gasteiger partial charge in [0, 0.05) is 6.42 Å². The van der Waals surface area contributed by atoms with E-state index in [1.807, 2.05) is 0 Å². The molecule has 0 aromatic rings. The highest BCUT2D eigenvalue weighted by Gasteiger charge is 2.23. The highest BCUT2D eigenvalue weighted by Crippen LogP contribution is 2.14. The lowest BCUT2D eigenvalue weighted by atomic mass is 10.2. The normalized spacial score (nSPS) is 33.0. The monoisotopic (exact) mass is 120 g/mol. The Kier molecular flexibility index (Phi) is 1.81. The van der Waals surface area contributed by atoms with Crippen molar-refractivity contribution in [1.29, 1.82) is 0 Å². The Morgan fingerprint density at radius 1 is 1.75 bits per heavy atom. The summed E-state index contributed by atoms with van der Waals surface area (Å²) in [6, 6.07) is 0. The van der Waals surface area contributed by atoms with Crippen LogP contribution in [-0.4, -0.2) is 18.9 Å². The Balaban J connectivity index is 2.24. The van der Waals surface area contributed by atoms with E-state index in [2.05, 4.69) is 9.78 Å². The minimum absolute atomic E-state index is 0.324. The van der Waals surface area contributed by atoms with Crippen molar-refractivity contribution < 1.29 is 14.2 Å². The van der Waals surface area contributed by atoms with E-state index in [9.17, 15) is 4.39 Å². The van der Waals surface area contributed by atoms with Crippen molar-refractivity contribution in [3.05, 3.63) is 0 Å². The second kappa shape index (κ2) is 2.42. The Morgan fingerprint density at radius 2 is 2.50 bits per heavy atom. The van der Waals surface area contributed by atoms with Crippen molar-refractivity contribution in [1.82, 2.24) is 0 Å². The molecule has 1 aliphatic rings. The molecule has 0 aromatic carbocycles. The molecule has 0 N–H and O–H groups in total. The van der Waals surface area contributed by atoms with Crippen LogP contribution in [-0.2, 0) is 9.78 Å². The van der Waals surface area contributed by atoms with Crippen LogP contribution in [0.25, 0.3) is 0 Å². The summed E-state index contributed by atoms with van der Waals surface area (Å²) < 4.78 is 12.2. The van der Waals surface area contributed by atoms with Crippen LogP contribution in [0.15, 0.2) is 0 Å². The average molecular weight is 120 g/mol. The first kappa shape index (κ1) is 5.98. The van der Waals surface area contributed by atoms with Gasteiger partial charge in [0.05, 0.1) is 6.61 Å². The molecule has 0 aliphatic carbocycles. The molecular formula is C5H9FO2. The van der Waals surface area contributed by atoms with Gasteiger partial charge in [-0.3, -0.25) is 0 Å². The number of rotatable bonds is 1. The summed E-state index contributed by atoms with van der Waals surface area (Å²) in [6.45, 7) is 2.00. The summed E-state index contributed by atoms with van der Waals surface area (Å²) in [5, 5.41) is 0. The second-order valence-corrected chi connectivity index (χ2v) is 1.92. The third-order valence-electron chi connectivity index (χ3n) is 1.19. The molecule has 0 amide bonds. The van der Waals surface area contributed by atoms with E-state index in [0.29, 0.717) is 13.0 Å². The topological polar surface area (TPSA) is 18.5 Å². The molecule has 0 spiro atoms. The number of hydrogen-bond donors (Lipinski definition) is 0. The molecule has 1 rings (SSSR count). The highest BCUT2D eigenvalue weighted by atomic mass is 19.1. The summed E-state index contributed by atoms with van der Waals surface area (Å²) in [4.78, 5) is 9.02. The molecule has 2 nitrogen and oxygen atoms in total. The zero-order valence-corrected chi connectivity index (χ0v) is 4.76. The van der Waals surface area contributed by atoms with E-state index in [4.69, 9.17) is 0 Å². The highest BCUT2D eigenvalue weighted by molar-refractivity contribution is 4.64. The Hall–Kier alpha value is -0.150. The fourth-order valence-electron chi connectivity index (χ4n) is 0.654. The lowest BCUT2D eigenvalue weighted by Crippen LogP contribution is -2.16. The largest absolute Gasteiger partial charge is 0.245 e. The summed E-state index contributed by atoms with van der Waals surface area (Å²) in [5.41, 5.74) is 0. The van der Waals surface area contributed by atoms with Crippen LogP contribution in [0.4, 0.5) is 4.39 Å². The van der Waals surface area contributed by atoms with Crippen molar-refractivity contribution in [3.63, 3.8) is 0 Å². The molecule has 1 aliphatic heterocycles. The third-order valence-corrected chi connectivity index (χ3v) is 1.19. The maximum atomic E-state index is 12.2. The maximum absolute atomic E-state index is 12.2. The van der Waals surface area contributed by atoms with Crippen LogP contribution in [0.2, 0.25) is 0 Å². The van der Waals surface area contributed by atoms with Crippen LogP contribution in [0, 0.1) is 0 Å². The van der Waals surface area contributed by atoms with Crippen LogP contribution >= 0.6 is 0 Å². The van der Waals surface area contributed by atoms with Gasteiger partial charge in [-0.25, -0.2) is 14.2 Å². The van der Waals surface area contributed by atoms with Gasteiger partial charge < -0.3 is 0 Å². The standard InChI is InChI=1S/C5H9FO2/c1-4(6)5-2-3-7-8-5/h4-5H,2-3H2,1H3. The van der Waals surface area contributed by atoms with Gasteiger partial charge in [-0.05, 0) is 6.92 Å². The summed E-state index contributed by atoms with van der Waals surface area (Å²) in [7, 11) is 0. The first-order valence-electron chi connectivity index (χ1n) is 2.73. The number of halogens is 1. The first-order chi connectivity index (χ1) is 3.80. The van der Waals surface area contributed by atoms with Crippen molar-refractivity contribution in [2.45, 2.75) is 25.6 Å². The fraction of sp³-hybridized carbons (Fsp3) is 1.00. The molecule has 8 heavy (non-hydrogen) atoms. The third kappa shape index (κ3) is 1.17. The van der Waals surface area contributed by atoms with Crippen LogP contribution in [0.5, 0.6) is 0 Å². The minimum atomic E-state index is -0.905. The van der Waals surface area contributed by atoms with Gasteiger partial charge in [0.1, 0.15) is 12.3 Å². The van der Waals surface area contributed by atoms with Crippen molar-refractivity contribution >= 4 is 0 Å². The van der Waals surface area contributed by atoms with Crippen molar-refractivity contribution in [3.8, 4) is 0 Å². The fourth-order valence-corrected chi connectivity index (χ4v) is 0.654. The average Bonchev–Trinajstić information content (AvgIpc) is 2.12. The maximum Gasteiger partial charge on any atom is 0.127 e. The van der Waals surface area contributed by atoms with Gasteiger partial charge in [-0.15, -0.1) is 0 Å². The molecule has 1 saturated heterocycles. The van der Waals surface area contributed by atoms with Crippen LogP contribution in [0.1, 0.15) is 13.3 Å². The molecule has 3 heteroatoms. The molecule has 1 fully saturated rings. The molecule has 48 valence electrons. The van der Waals surface area contributed by atoms with E-state index in [1.54, 1.807) is 0 Å². The predicted molar refractivity (Wildman–Crippen MR) is 26.0 cm³/mol. The number of alkyl halides is 1. The van der Waals surface area contributed by atoms with E-state index >= 15 is 0 Å². The van der Waals surface area contributed by atoms with Gasteiger partial charge >= 0.3 is 0 Å². The predicted octanol–water partition coefficient (Wildman–Crippen LogP) is 1.06. The Labute approximate surface area is 47.5 Å². The molecule has 0 saturated carbocycles. The van der Waals surface area contributed by atoms with Gasteiger partial charge in [0.2, 0.25) is 0 Å². The van der Waals surface area contributed by atoms with E-state index in [0.717, 1.165) is 0 Å². The molecule has 2 unspecified atom stereocenters. The Bertz CT molecular complexity index is 68.8. The van der Waals surface area contributed by atoms with Gasteiger partial charge in [0.25, 0.3) is 0 Å². The molecular weight excluding hydrogens is 111 g/mol. The van der Waals surface area contributed by atoms with E-state index in [1.165, 1.54) is 6.92 Å². The van der Waals surface area contributed by atoms with Gasteiger partial charge in [-0.2, -0.15) is 0 Å². The SMILES string of the molecule is CC(F)C1CCOO1. The molecule has 0 radical (unpaired) electrons. The molecule has 0 bridgehead atoms. The van der Waals surface area contributed by atoms with E-state index < -0.39 is 6.17 Å². The van der Waals surface area contributed by atoms with E-state index in [-0.39, 0.29) is 6.10 Å². The zero-order chi connectivity index (χ0) is 5.98. The molecule has 1 heterocycles. The molecule has 0 aromatic heterocycles. The van der Waals surface area contributed by atoms with Crippen molar-refractivity contribution in [2.24, 2.45) is 0 Å². The second-order valence-electron chi connectivity index (χ2n) is 1.92. The Morgan fingerprint density at radius 3 is 2.75 bits per heavy atom. The van der Waals surface area contributed by atoms with Crippen molar-refractivity contribution in [2.75, 3.05) is 6.61 Å². The molecule has 2 atom stereocenters. The smallest absolute Gasteiger partial charge is 0.127 e. The van der Waals surface area contributed by atoms with Gasteiger partial charge in [-0.1, -0.05) is 0 Å². The van der Waals surface area contributed by atoms with Crippen LogP contribution in [0.3, 0.4) is 0 Å². The minimum Gasteiger partial charge on any atom is -0.245 e. The summed E-state index contributed by atoms with van der Waals surface area (Å²) in [6.07, 6.45) is -0.551. The lowest BCUT2D eigenvalue weighted by molar-refractivity contribution is -0.282. The summed E-state index contributed by atoms with van der Waals surface area (Å²) in [5.74, 6) is 0. The zero-order valence-electron chi connectivity index (χ0n) is 4.76. The summed E-state index contributed by atoms with van der Waals surface area (Å²) >= 11 is 0. The quantitative estimate of drug-likeness (QED) is 0.482. The van der Waals surface area contributed by atoms with Crippen LogP contribution < -0.4 is 0 Å². The van der Waals surface area contributed by atoms with Gasteiger partial charge in [0.15, 0.2) is 0 Å². The first-order valence-corrected chi connectivity index (χ1v) is 2.73.